The molecule has 0 aromatic heterocycles. The van der Waals surface area contributed by atoms with Crippen LogP contribution in [0, 0.1) is 6.92 Å². The summed E-state index contributed by atoms with van der Waals surface area (Å²) in [4.78, 5) is 14.6. The van der Waals surface area contributed by atoms with E-state index in [4.69, 9.17) is 0 Å². The van der Waals surface area contributed by atoms with Crippen LogP contribution in [-0.2, 0) is 0 Å². The molecule has 1 amide bonds. The number of nitrogens with one attached hydrogen (secondary N) is 1. The van der Waals surface area contributed by atoms with Gasteiger partial charge in [-0.1, -0.05) is 37.5 Å². The van der Waals surface area contributed by atoms with Crippen LogP contribution in [-0.4, -0.2) is 37.0 Å². The van der Waals surface area contributed by atoms with Gasteiger partial charge in [0.2, 0.25) is 0 Å². The zero-order valence-corrected chi connectivity index (χ0v) is 12.9. The zero-order chi connectivity index (χ0) is 14.6. The highest BCUT2D eigenvalue weighted by Gasteiger charge is 2.34. The van der Waals surface area contributed by atoms with E-state index in [1.807, 2.05) is 31.2 Å². The molecule has 0 radical (unpaired) electrons. The van der Waals surface area contributed by atoms with Gasteiger partial charge >= 0.3 is 0 Å². The summed E-state index contributed by atoms with van der Waals surface area (Å²) in [6, 6.07) is 7.77. The van der Waals surface area contributed by atoms with Crippen molar-refractivity contribution in [2.24, 2.45) is 0 Å². The molecule has 1 aromatic rings. The lowest BCUT2D eigenvalue weighted by Crippen LogP contribution is -2.53. The molecule has 0 bridgehead atoms. The van der Waals surface area contributed by atoms with Crippen molar-refractivity contribution in [2.75, 3.05) is 20.6 Å². The number of carbonyl (C=O) groups excluding carboxylic acids is 1. The lowest BCUT2D eigenvalue weighted by molar-refractivity contribution is 0.0799. The van der Waals surface area contributed by atoms with Gasteiger partial charge in [0.05, 0.1) is 0 Å². The van der Waals surface area contributed by atoms with Crippen LogP contribution in [0.2, 0.25) is 0 Å². The lowest BCUT2D eigenvalue weighted by Gasteiger charge is -2.43. The second kappa shape index (κ2) is 6.40. The molecule has 3 nitrogen and oxygen atoms in total. The number of carbonyl (C=O) groups is 1. The Morgan fingerprint density at radius 3 is 2.45 bits per heavy atom. The van der Waals surface area contributed by atoms with Crippen molar-refractivity contribution < 1.29 is 4.79 Å². The topological polar surface area (TPSA) is 32.3 Å². The Morgan fingerprint density at radius 2 is 1.85 bits per heavy atom. The summed E-state index contributed by atoms with van der Waals surface area (Å²) >= 11 is 0. The number of rotatable bonds is 4. The molecule has 1 saturated carbocycles. The Hall–Kier alpha value is -1.35. The van der Waals surface area contributed by atoms with E-state index in [1.165, 1.54) is 32.1 Å². The summed E-state index contributed by atoms with van der Waals surface area (Å²) in [7, 11) is 4.26. The molecule has 0 spiro atoms. The highest BCUT2D eigenvalue weighted by molar-refractivity contribution is 5.95. The molecule has 0 saturated heterocycles. The SMILES string of the molecule is Cc1ccccc1C(=O)NCC1(N(C)C)CCCCC1. The fourth-order valence-electron chi connectivity index (χ4n) is 3.16. The molecule has 0 unspecified atom stereocenters. The molecular weight excluding hydrogens is 248 g/mol. The fourth-order valence-corrected chi connectivity index (χ4v) is 3.16. The molecule has 1 fully saturated rings. The van der Waals surface area contributed by atoms with Crippen LogP contribution < -0.4 is 5.32 Å². The van der Waals surface area contributed by atoms with Gasteiger partial charge in [0, 0.05) is 17.6 Å². The Bertz CT molecular complexity index is 462. The van der Waals surface area contributed by atoms with Crippen molar-refractivity contribution in [3.63, 3.8) is 0 Å². The third kappa shape index (κ3) is 3.21. The van der Waals surface area contributed by atoms with Gasteiger partial charge in [0.1, 0.15) is 0 Å². The second-order valence-electron chi connectivity index (χ2n) is 6.18. The summed E-state index contributed by atoms with van der Waals surface area (Å²) in [6.45, 7) is 2.73. The van der Waals surface area contributed by atoms with Gasteiger partial charge < -0.3 is 10.2 Å². The van der Waals surface area contributed by atoms with Crippen LogP contribution in [0.15, 0.2) is 24.3 Å². The van der Waals surface area contributed by atoms with E-state index < -0.39 is 0 Å². The Morgan fingerprint density at radius 1 is 1.20 bits per heavy atom. The predicted octanol–water partition coefficient (Wildman–Crippen LogP) is 2.99. The van der Waals surface area contributed by atoms with E-state index in [2.05, 4.69) is 24.3 Å². The third-order valence-corrected chi connectivity index (χ3v) is 4.70. The molecule has 3 heteroatoms. The fraction of sp³-hybridized carbons (Fsp3) is 0.588. The van der Waals surface area contributed by atoms with Crippen molar-refractivity contribution in [2.45, 2.75) is 44.6 Å². The predicted molar refractivity (Wildman–Crippen MR) is 83.0 cm³/mol. The van der Waals surface area contributed by atoms with E-state index in [0.717, 1.165) is 17.7 Å². The van der Waals surface area contributed by atoms with Gasteiger partial charge in [-0.15, -0.1) is 0 Å². The van der Waals surface area contributed by atoms with E-state index in [1.54, 1.807) is 0 Å². The minimum absolute atomic E-state index is 0.0508. The standard InChI is InChI=1S/C17H26N2O/c1-14-9-5-6-10-15(14)16(20)18-13-17(19(2)3)11-7-4-8-12-17/h5-6,9-10H,4,7-8,11-13H2,1-3H3,(H,18,20). The smallest absolute Gasteiger partial charge is 0.251 e. The molecular formula is C17H26N2O. The summed E-state index contributed by atoms with van der Waals surface area (Å²) in [5.74, 6) is 0.0508. The maximum Gasteiger partial charge on any atom is 0.251 e. The van der Waals surface area contributed by atoms with Crippen LogP contribution in [0.5, 0.6) is 0 Å². The van der Waals surface area contributed by atoms with Crippen molar-refractivity contribution in [3.05, 3.63) is 35.4 Å². The van der Waals surface area contributed by atoms with Gasteiger partial charge in [0.25, 0.3) is 5.91 Å². The molecule has 0 aliphatic heterocycles. The molecule has 20 heavy (non-hydrogen) atoms. The first kappa shape index (κ1) is 15.0. The van der Waals surface area contributed by atoms with Gasteiger partial charge in [-0.05, 0) is 45.5 Å². The van der Waals surface area contributed by atoms with E-state index >= 15 is 0 Å². The minimum atomic E-state index is 0.0508. The quantitative estimate of drug-likeness (QED) is 0.915. The first-order valence-electron chi connectivity index (χ1n) is 7.56. The lowest BCUT2D eigenvalue weighted by atomic mass is 9.80. The molecule has 2 rings (SSSR count). The van der Waals surface area contributed by atoms with Crippen molar-refractivity contribution >= 4 is 5.91 Å². The van der Waals surface area contributed by atoms with Crippen LogP contribution in [0.3, 0.4) is 0 Å². The van der Waals surface area contributed by atoms with E-state index in [0.29, 0.717) is 0 Å². The van der Waals surface area contributed by atoms with Crippen LogP contribution in [0.25, 0.3) is 0 Å². The summed E-state index contributed by atoms with van der Waals surface area (Å²) in [5, 5.41) is 3.15. The largest absolute Gasteiger partial charge is 0.350 e. The van der Waals surface area contributed by atoms with Gasteiger partial charge in [0.15, 0.2) is 0 Å². The highest BCUT2D eigenvalue weighted by atomic mass is 16.1. The van der Waals surface area contributed by atoms with Crippen molar-refractivity contribution in [1.29, 1.82) is 0 Å². The Balaban J connectivity index is 2.03. The third-order valence-electron chi connectivity index (χ3n) is 4.70. The number of nitrogens with zero attached hydrogens (tertiary/aromatic N) is 1. The summed E-state index contributed by atoms with van der Waals surface area (Å²) < 4.78 is 0. The molecule has 0 atom stereocenters. The minimum Gasteiger partial charge on any atom is -0.350 e. The normalized spacial score (nSPS) is 18.0. The molecule has 1 N–H and O–H groups in total. The molecule has 110 valence electrons. The zero-order valence-electron chi connectivity index (χ0n) is 12.9. The average molecular weight is 274 g/mol. The molecule has 1 aliphatic rings. The number of amides is 1. The first-order chi connectivity index (χ1) is 9.55. The number of hydrogen-bond acceptors (Lipinski definition) is 2. The Kier molecular flexibility index (Phi) is 4.81. The first-order valence-corrected chi connectivity index (χ1v) is 7.56. The molecule has 1 aromatic carbocycles. The number of hydrogen-bond donors (Lipinski definition) is 1. The van der Waals surface area contributed by atoms with E-state index in [9.17, 15) is 4.79 Å². The van der Waals surface area contributed by atoms with Gasteiger partial charge in [-0.2, -0.15) is 0 Å². The number of aryl methyl sites for hydroxylation is 1. The maximum atomic E-state index is 12.3. The average Bonchev–Trinajstić information content (AvgIpc) is 2.46. The van der Waals surface area contributed by atoms with Gasteiger partial charge in [-0.3, -0.25) is 4.79 Å². The number of likely N-dealkylation sites (N-methyl/N-ethyl adjacent to an activating group) is 1. The monoisotopic (exact) mass is 274 g/mol. The van der Waals surface area contributed by atoms with E-state index in [-0.39, 0.29) is 11.4 Å². The summed E-state index contributed by atoms with van der Waals surface area (Å²) in [6.07, 6.45) is 6.19. The molecule has 0 heterocycles. The van der Waals surface area contributed by atoms with Crippen LogP contribution in [0.4, 0.5) is 0 Å². The van der Waals surface area contributed by atoms with Gasteiger partial charge in [-0.25, -0.2) is 0 Å². The van der Waals surface area contributed by atoms with Crippen LogP contribution in [0.1, 0.15) is 48.0 Å². The van der Waals surface area contributed by atoms with Crippen molar-refractivity contribution in [1.82, 2.24) is 10.2 Å². The summed E-state index contributed by atoms with van der Waals surface area (Å²) in [5.41, 5.74) is 1.96. The second-order valence-corrected chi connectivity index (χ2v) is 6.18. The van der Waals surface area contributed by atoms with Crippen molar-refractivity contribution in [3.8, 4) is 0 Å². The Labute approximate surface area is 122 Å². The number of benzene rings is 1. The molecule has 1 aliphatic carbocycles. The van der Waals surface area contributed by atoms with Crippen LogP contribution >= 0.6 is 0 Å². The maximum absolute atomic E-state index is 12.3. The highest BCUT2D eigenvalue weighted by Crippen LogP contribution is 2.31.